The summed E-state index contributed by atoms with van der Waals surface area (Å²) in [7, 11) is 0. The molecule has 0 bridgehead atoms. The summed E-state index contributed by atoms with van der Waals surface area (Å²) in [5.74, 6) is 0.976. The van der Waals surface area contributed by atoms with Crippen molar-refractivity contribution in [3.8, 4) is 5.75 Å². The molecule has 2 unspecified atom stereocenters. The van der Waals surface area contributed by atoms with E-state index in [1.807, 2.05) is 12.1 Å². The first-order valence-electron chi connectivity index (χ1n) is 6.97. The summed E-state index contributed by atoms with van der Waals surface area (Å²) in [6.07, 6.45) is 2.41. The van der Waals surface area contributed by atoms with E-state index in [2.05, 4.69) is 41.2 Å². The number of halogens is 1. The van der Waals surface area contributed by atoms with E-state index in [-0.39, 0.29) is 0 Å². The smallest absolute Gasteiger partial charge is 0.123 e. The second-order valence-electron chi connectivity index (χ2n) is 4.95. The van der Waals surface area contributed by atoms with Crippen LogP contribution in [0.1, 0.15) is 32.3 Å². The molecule has 3 nitrogen and oxygen atoms in total. The van der Waals surface area contributed by atoms with Gasteiger partial charge in [0.1, 0.15) is 5.75 Å². The normalized spacial score (nSPS) is 22.7. The molecule has 106 valence electrons. The Morgan fingerprint density at radius 2 is 2.32 bits per heavy atom. The Morgan fingerprint density at radius 1 is 1.47 bits per heavy atom. The maximum Gasteiger partial charge on any atom is 0.123 e. The molecule has 1 fully saturated rings. The van der Waals surface area contributed by atoms with Crippen LogP contribution in [0.5, 0.6) is 5.75 Å². The Labute approximate surface area is 123 Å². The van der Waals surface area contributed by atoms with Crippen LogP contribution in [-0.4, -0.2) is 25.4 Å². The first kappa shape index (κ1) is 14.8. The third-order valence-electron chi connectivity index (χ3n) is 3.42. The highest BCUT2D eigenvalue weighted by Gasteiger charge is 2.23. The van der Waals surface area contributed by atoms with Gasteiger partial charge in [0.05, 0.1) is 12.7 Å². The second-order valence-corrected chi connectivity index (χ2v) is 5.87. The van der Waals surface area contributed by atoms with Gasteiger partial charge in [-0.15, -0.1) is 0 Å². The lowest BCUT2D eigenvalue weighted by atomic mass is 10.1. The number of benzene rings is 1. The molecular formula is C15H22BrNO2. The van der Waals surface area contributed by atoms with Crippen molar-refractivity contribution < 1.29 is 9.47 Å². The van der Waals surface area contributed by atoms with E-state index in [0.29, 0.717) is 12.1 Å². The third-order valence-corrected chi connectivity index (χ3v) is 3.91. The van der Waals surface area contributed by atoms with E-state index in [1.165, 1.54) is 5.56 Å². The molecule has 0 radical (unpaired) electrons. The van der Waals surface area contributed by atoms with Crippen LogP contribution in [0.25, 0.3) is 0 Å². The van der Waals surface area contributed by atoms with E-state index in [4.69, 9.17) is 9.47 Å². The zero-order valence-corrected chi connectivity index (χ0v) is 13.2. The first-order valence-corrected chi connectivity index (χ1v) is 7.76. The molecule has 1 saturated heterocycles. The van der Waals surface area contributed by atoms with Crippen molar-refractivity contribution in [3.63, 3.8) is 0 Å². The van der Waals surface area contributed by atoms with Crippen molar-refractivity contribution in [1.29, 1.82) is 0 Å². The van der Waals surface area contributed by atoms with Gasteiger partial charge in [-0.25, -0.2) is 0 Å². The van der Waals surface area contributed by atoms with Crippen LogP contribution in [0.3, 0.4) is 0 Å². The molecule has 0 amide bonds. The lowest BCUT2D eigenvalue weighted by Crippen LogP contribution is -2.34. The zero-order valence-electron chi connectivity index (χ0n) is 11.6. The highest BCUT2D eigenvalue weighted by atomic mass is 79.9. The fourth-order valence-electron chi connectivity index (χ4n) is 2.28. The largest absolute Gasteiger partial charge is 0.493 e. The minimum atomic E-state index is 0.298. The quantitative estimate of drug-likeness (QED) is 0.867. The van der Waals surface area contributed by atoms with Gasteiger partial charge in [-0.3, -0.25) is 0 Å². The molecule has 1 aromatic rings. The molecule has 0 aromatic heterocycles. The predicted molar refractivity (Wildman–Crippen MR) is 80.6 cm³/mol. The number of hydrogen-bond donors (Lipinski definition) is 1. The first-order chi connectivity index (χ1) is 9.20. The van der Waals surface area contributed by atoms with Crippen LogP contribution in [0.15, 0.2) is 22.7 Å². The Bertz CT molecular complexity index is 411. The van der Waals surface area contributed by atoms with Crippen LogP contribution in [-0.2, 0) is 11.3 Å². The van der Waals surface area contributed by atoms with Gasteiger partial charge in [-0.1, -0.05) is 22.9 Å². The summed E-state index contributed by atoms with van der Waals surface area (Å²) >= 11 is 3.52. The van der Waals surface area contributed by atoms with Gasteiger partial charge < -0.3 is 14.8 Å². The molecule has 0 aliphatic carbocycles. The molecule has 1 aliphatic rings. The van der Waals surface area contributed by atoms with Crippen LogP contribution >= 0.6 is 15.9 Å². The summed E-state index contributed by atoms with van der Waals surface area (Å²) in [5.41, 5.74) is 1.20. The minimum Gasteiger partial charge on any atom is -0.493 e. The van der Waals surface area contributed by atoms with Crippen molar-refractivity contribution in [2.45, 2.75) is 45.4 Å². The van der Waals surface area contributed by atoms with Crippen LogP contribution in [0.2, 0.25) is 0 Å². The average Bonchev–Trinajstić information content (AvgIpc) is 2.81. The van der Waals surface area contributed by atoms with E-state index >= 15 is 0 Å². The van der Waals surface area contributed by atoms with Crippen molar-refractivity contribution >= 4 is 15.9 Å². The minimum absolute atomic E-state index is 0.298. The number of nitrogens with one attached hydrogen (secondary N) is 1. The molecule has 0 saturated carbocycles. The van der Waals surface area contributed by atoms with Crippen molar-refractivity contribution in [2.24, 2.45) is 0 Å². The highest BCUT2D eigenvalue weighted by Crippen LogP contribution is 2.24. The Morgan fingerprint density at radius 3 is 3.00 bits per heavy atom. The van der Waals surface area contributed by atoms with Gasteiger partial charge in [0.2, 0.25) is 0 Å². The lowest BCUT2D eigenvalue weighted by molar-refractivity contribution is 0.113. The van der Waals surface area contributed by atoms with Gasteiger partial charge in [0, 0.05) is 29.2 Å². The van der Waals surface area contributed by atoms with Crippen LogP contribution < -0.4 is 10.1 Å². The van der Waals surface area contributed by atoms with Gasteiger partial charge in [-0.2, -0.15) is 0 Å². The zero-order chi connectivity index (χ0) is 13.7. The molecule has 19 heavy (non-hydrogen) atoms. The van der Waals surface area contributed by atoms with Gasteiger partial charge in [-0.05, 0) is 38.0 Å². The van der Waals surface area contributed by atoms with Crippen LogP contribution in [0, 0.1) is 0 Å². The predicted octanol–water partition coefficient (Wildman–Crippen LogP) is 3.50. The van der Waals surface area contributed by atoms with Gasteiger partial charge in [0.15, 0.2) is 0 Å². The van der Waals surface area contributed by atoms with E-state index < -0.39 is 0 Å². The standard InChI is InChI=1S/C15H22BrNO2/c1-3-7-19-15-5-4-13(16)9-12(15)10-17-14-6-8-18-11(14)2/h4-5,9,11,14,17H,3,6-8,10H2,1-2H3. The average molecular weight is 328 g/mol. The molecule has 2 rings (SSSR count). The Hall–Kier alpha value is -0.580. The summed E-state index contributed by atoms with van der Waals surface area (Å²) in [4.78, 5) is 0. The van der Waals surface area contributed by atoms with Crippen molar-refractivity contribution in [1.82, 2.24) is 5.32 Å². The molecule has 4 heteroatoms. The third kappa shape index (κ3) is 4.20. The van der Waals surface area contributed by atoms with Crippen molar-refractivity contribution in [3.05, 3.63) is 28.2 Å². The maximum absolute atomic E-state index is 5.79. The summed E-state index contributed by atoms with van der Waals surface area (Å²) in [6, 6.07) is 6.62. The molecular weight excluding hydrogens is 306 g/mol. The Kier molecular flexibility index (Phi) is 5.67. The fraction of sp³-hybridized carbons (Fsp3) is 0.600. The maximum atomic E-state index is 5.79. The van der Waals surface area contributed by atoms with Gasteiger partial charge in [0.25, 0.3) is 0 Å². The highest BCUT2D eigenvalue weighted by molar-refractivity contribution is 9.10. The second kappa shape index (κ2) is 7.27. The Balaban J connectivity index is 1.98. The molecule has 1 aliphatic heterocycles. The molecule has 1 aromatic carbocycles. The fourth-order valence-corrected chi connectivity index (χ4v) is 2.69. The number of ether oxygens (including phenoxy) is 2. The van der Waals surface area contributed by atoms with Crippen molar-refractivity contribution in [2.75, 3.05) is 13.2 Å². The lowest BCUT2D eigenvalue weighted by Gasteiger charge is -2.18. The van der Waals surface area contributed by atoms with Gasteiger partial charge >= 0.3 is 0 Å². The summed E-state index contributed by atoms with van der Waals surface area (Å²) in [6.45, 7) is 6.68. The molecule has 2 atom stereocenters. The monoisotopic (exact) mass is 327 g/mol. The SMILES string of the molecule is CCCOc1ccc(Br)cc1CNC1CCOC1C. The summed E-state index contributed by atoms with van der Waals surface area (Å²) in [5, 5.41) is 3.57. The van der Waals surface area contributed by atoms with E-state index in [9.17, 15) is 0 Å². The van der Waals surface area contributed by atoms with E-state index in [1.54, 1.807) is 0 Å². The molecule has 0 spiro atoms. The summed E-state index contributed by atoms with van der Waals surface area (Å²) < 4.78 is 12.4. The van der Waals surface area contributed by atoms with E-state index in [0.717, 1.165) is 42.8 Å². The topological polar surface area (TPSA) is 30.5 Å². The molecule has 1 N–H and O–H groups in total. The number of hydrogen-bond acceptors (Lipinski definition) is 3. The van der Waals surface area contributed by atoms with Crippen LogP contribution in [0.4, 0.5) is 0 Å². The molecule has 1 heterocycles. The number of rotatable bonds is 6.